The average Bonchev–Trinajstić information content (AvgIpc) is 2.52. The van der Waals surface area contributed by atoms with Crippen LogP contribution in [0.4, 0.5) is 13.2 Å². The SMILES string of the molecule is COC(/C=C(/Br)c1ccccc1)c1ccc(C(F)(F)F)cc1. The Morgan fingerprint density at radius 3 is 2.14 bits per heavy atom. The molecule has 0 spiro atoms. The van der Waals surface area contributed by atoms with Gasteiger partial charge in [0.05, 0.1) is 5.56 Å². The number of alkyl halides is 3. The maximum absolute atomic E-state index is 12.6. The van der Waals surface area contributed by atoms with E-state index in [9.17, 15) is 13.2 Å². The van der Waals surface area contributed by atoms with E-state index in [0.29, 0.717) is 5.56 Å². The molecule has 0 saturated carbocycles. The third-order valence-corrected chi connectivity index (χ3v) is 3.89. The van der Waals surface area contributed by atoms with Gasteiger partial charge in [-0.1, -0.05) is 58.4 Å². The van der Waals surface area contributed by atoms with Crippen molar-refractivity contribution in [2.24, 2.45) is 0 Å². The number of benzene rings is 2. The number of ether oxygens (including phenoxy) is 1. The Morgan fingerprint density at radius 1 is 1.05 bits per heavy atom. The number of hydrogen-bond acceptors (Lipinski definition) is 1. The summed E-state index contributed by atoms with van der Waals surface area (Å²) in [5, 5.41) is 0. The largest absolute Gasteiger partial charge is 0.416 e. The summed E-state index contributed by atoms with van der Waals surface area (Å²) in [5.74, 6) is 0. The topological polar surface area (TPSA) is 9.23 Å². The number of methoxy groups -OCH3 is 1. The van der Waals surface area contributed by atoms with Crippen LogP contribution in [-0.2, 0) is 10.9 Å². The van der Waals surface area contributed by atoms with Crippen LogP contribution >= 0.6 is 15.9 Å². The van der Waals surface area contributed by atoms with E-state index in [1.54, 1.807) is 0 Å². The molecule has 2 aromatic carbocycles. The average molecular weight is 371 g/mol. The van der Waals surface area contributed by atoms with Crippen LogP contribution < -0.4 is 0 Å². The molecule has 5 heteroatoms. The van der Waals surface area contributed by atoms with E-state index in [4.69, 9.17) is 4.74 Å². The Bertz CT molecular complexity index is 633. The van der Waals surface area contributed by atoms with Crippen molar-refractivity contribution in [2.75, 3.05) is 7.11 Å². The van der Waals surface area contributed by atoms with Crippen molar-refractivity contribution in [3.05, 3.63) is 77.4 Å². The first kappa shape index (κ1) is 16.8. The van der Waals surface area contributed by atoms with Crippen molar-refractivity contribution in [1.82, 2.24) is 0 Å². The van der Waals surface area contributed by atoms with E-state index in [1.807, 2.05) is 36.4 Å². The predicted molar refractivity (Wildman–Crippen MR) is 84.5 cm³/mol. The van der Waals surface area contributed by atoms with Crippen molar-refractivity contribution in [3.8, 4) is 0 Å². The van der Waals surface area contributed by atoms with Crippen molar-refractivity contribution < 1.29 is 17.9 Å². The Hall–Kier alpha value is -1.59. The van der Waals surface area contributed by atoms with Crippen LogP contribution in [0.3, 0.4) is 0 Å². The number of halogens is 4. The van der Waals surface area contributed by atoms with Crippen LogP contribution in [-0.4, -0.2) is 7.11 Å². The molecule has 2 aromatic rings. The molecule has 0 fully saturated rings. The summed E-state index contributed by atoms with van der Waals surface area (Å²) in [4.78, 5) is 0. The predicted octanol–water partition coefficient (Wildman–Crippen LogP) is 5.83. The van der Waals surface area contributed by atoms with Crippen molar-refractivity contribution in [1.29, 1.82) is 0 Å². The Kier molecular flexibility index (Phi) is 5.42. The molecule has 0 radical (unpaired) electrons. The molecular weight excluding hydrogens is 357 g/mol. The quantitative estimate of drug-likeness (QED) is 0.657. The van der Waals surface area contributed by atoms with E-state index in [-0.39, 0.29) is 0 Å². The molecule has 2 rings (SSSR count). The highest BCUT2D eigenvalue weighted by Crippen LogP contribution is 2.32. The molecule has 0 aliphatic rings. The van der Waals surface area contributed by atoms with Crippen LogP contribution in [0.1, 0.15) is 22.8 Å². The van der Waals surface area contributed by atoms with Gasteiger partial charge in [0.2, 0.25) is 0 Å². The van der Waals surface area contributed by atoms with Gasteiger partial charge in [0.15, 0.2) is 0 Å². The van der Waals surface area contributed by atoms with Gasteiger partial charge in [-0.25, -0.2) is 0 Å². The molecule has 1 atom stereocenters. The minimum absolute atomic E-state index is 0.433. The molecule has 22 heavy (non-hydrogen) atoms. The van der Waals surface area contributed by atoms with Crippen molar-refractivity contribution in [3.63, 3.8) is 0 Å². The monoisotopic (exact) mass is 370 g/mol. The van der Waals surface area contributed by atoms with Gasteiger partial charge in [0.1, 0.15) is 6.10 Å². The zero-order valence-corrected chi connectivity index (χ0v) is 13.4. The van der Waals surface area contributed by atoms with Gasteiger partial charge < -0.3 is 4.74 Å². The smallest absolute Gasteiger partial charge is 0.373 e. The summed E-state index contributed by atoms with van der Waals surface area (Å²) in [6.45, 7) is 0. The molecule has 0 amide bonds. The molecular formula is C17H14BrF3O. The lowest BCUT2D eigenvalue weighted by Crippen LogP contribution is -2.05. The molecule has 0 aliphatic heterocycles. The van der Waals surface area contributed by atoms with E-state index >= 15 is 0 Å². The first-order valence-electron chi connectivity index (χ1n) is 6.54. The van der Waals surface area contributed by atoms with Gasteiger partial charge in [-0.2, -0.15) is 13.2 Å². The molecule has 116 valence electrons. The lowest BCUT2D eigenvalue weighted by molar-refractivity contribution is -0.137. The lowest BCUT2D eigenvalue weighted by Gasteiger charge is -2.14. The Morgan fingerprint density at radius 2 is 1.64 bits per heavy atom. The van der Waals surface area contributed by atoms with Crippen LogP contribution in [0.15, 0.2) is 60.7 Å². The summed E-state index contributed by atoms with van der Waals surface area (Å²) in [6, 6.07) is 14.6. The van der Waals surface area contributed by atoms with E-state index in [0.717, 1.165) is 22.2 Å². The second-order valence-electron chi connectivity index (χ2n) is 4.66. The van der Waals surface area contributed by atoms with E-state index < -0.39 is 17.8 Å². The lowest BCUT2D eigenvalue weighted by atomic mass is 10.1. The molecule has 1 nitrogen and oxygen atoms in total. The van der Waals surface area contributed by atoms with Crippen molar-refractivity contribution >= 4 is 20.4 Å². The molecule has 0 bridgehead atoms. The van der Waals surface area contributed by atoms with Gasteiger partial charge in [-0.05, 0) is 29.3 Å². The van der Waals surface area contributed by atoms with E-state index in [1.165, 1.54) is 19.2 Å². The maximum Gasteiger partial charge on any atom is 0.416 e. The van der Waals surface area contributed by atoms with E-state index in [2.05, 4.69) is 15.9 Å². The number of hydrogen-bond donors (Lipinski definition) is 0. The zero-order chi connectivity index (χ0) is 16.2. The highest BCUT2D eigenvalue weighted by Gasteiger charge is 2.30. The van der Waals surface area contributed by atoms with Gasteiger partial charge >= 0.3 is 6.18 Å². The fraction of sp³-hybridized carbons (Fsp3) is 0.176. The second kappa shape index (κ2) is 7.11. The molecule has 1 unspecified atom stereocenters. The molecule has 0 aliphatic carbocycles. The van der Waals surface area contributed by atoms with Crippen LogP contribution in [0.2, 0.25) is 0 Å². The summed E-state index contributed by atoms with van der Waals surface area (Å²) in [6.07, 6.45) is -2.95. The molecule has 0 aromatic heterocycles. The van der Waals surface area contributed by atoms with Crippen LogP contribution in [0.5, 0.6) is 0 Å². The summed E-state index contributed by atoms with van der Waals surface area (Å²) < 4.78 is 43.9. The van der Waals surface area contributed by atoms with Crippen LogP contribution in [0, 0.1) is 0 Å². The Labute approximate surface area is 135 Å². The molecule has 0 N–H and O–H groups in total. The van der Waals surface area contributed by atoms with Gasteiger partial charge in [-0.3, -0.25) is 0 Å². The zero-order valence-electron chi connectivity index (χ0n) is 11.8. The second-order valence-corrected chi connectivity index (χ2v) is 5.51. The van der Waals surface area contributed by atoms with Crippen LogP contribution in [0.25, 0.3) is 4.48 Å². The summed E-state index contributed by atoms with van der Waals surface area (Å²) in [7, 11) is 1.52. The highest BCUT2D eigenvalue weighted by molar-refractivity contribution is 9.15. The first-order chi connectivity index (χ1) is 10.4. The minimum atomic E-state index is -4.33. The van der Waals surface area contributed by atoms with Gasteiger partial charge in [0.25, 0.3) is 0 Å². The minimum Gasteiger partial charge on any atom is -0.373 e. The summed E-state index contributed by atoms with van der Waals surface area (Å²) >= 11 is 3.47. The molecule has 0 saturated heterocycles. The maximum atomic E-state index is 12.6. The fourth-order valence-electron chi connectivity index (χ4n) is 1.99. The third kappa shape index (κ3) is 4.21. The molecule has 0 heterocycles. The normalized spacial score (nSPS) is 14.0. The fourth-order valence-corrected chi connectivity index (χ4v) is 2.49. The third-order valence-electron chi connectivity index (χ3n) is 3.17. The summed E-state index contributed by atoms with van der Waals surface area (Å²) in [5.41, 5.74) is 0.956. The van der Waals surface area contributed by atoms with Gasteiger partial charge in [0, 0.05) is 11.6 Å². The van der Waals surface area contributed by atoms with Crippen molar-refractivity contribution in [2.45, 2.75) is 12.3 Å². The van der Waals surface area contributed by atoms with Gasteiger partial charge in [-0.15, -0.1) is 0 Å². The Balaban J connectivity index is 2.25. The first-order valence-corrected chi connectivity index (χ1v) is 7.34. The highest BCUT2D eigenvalue weighted by atomic mass is 79.9. The number of rotatable bonds is 4. The standard InChI is InChI=1S/C17H14BrF3O/c1-22-16(11-15(18)12-5-3-2-4-6-12)13-7-9-14(10-8-13)17(19,20)21/h2-11,16H,1H3/b15-11+.